The van der Waals surface area contributed by atoms with Crippen molar-refractivity contribution in [3.8, 4) is 0 Å². The number of nitrogens with zero attached hydrogens (tertiary/aromatic N) is 2. The molecule has 0 saturated heterocycles. The quantitative estimate of drug-likeness (QED) is 0.791. The van der Waals surface area contributed by atoms with Crippen molar-refractivity contribution >= 4 is 38.1 Å². The Kier molecular flexibility index (Phi) is 3.14. The van der Waals surface area contributed by atoms with Crippen LogP contribution in [0.3, 0.4) is 0 Å². The van der Waals surface area contributed by atoms with Crippen LogP contribution in [0.5, 0.6) is 0 Å². The molecule has 5 nitrogen and oxygen atoms in total. The number of nitrogens with one attached hydrogen (secondary N) is 1. The second-order valence-corrected chi connectivity index (χ2v) is 7.62. The van der Waals surface area contributed by atoms with Crippen molar-refractivity contribution in [3.63, 3.8) is 0 Å². The highest BCUT2D eigenvalue weighted by Crippen LogP contribution is 2.36. The van der Waals surface area contributed by atoms with Crippen molar-refractivity contribution in [2.45, 2.75) is 17.9 Å². The first-order chi connectivity index (χ1) is 11.0. The Morgan fingerprint density at radius 3 is 2.61 bits per heavy atom. The van der Waals surface area contributed by atoms with Gasteiger partial charge in [0.25, 0.3) is 10.0 Å². The molecule has 0 aliphatic heterocycles. The van der Waals surface area contributed by atoms with Gasteiger partial charge in [-0.05, 0) is 35.4 Å². The summed E-state index contributed by atoms with van der Waals surface area (Å²) in [5.41, 5.74) is 3.07. The maximum absolute atomic E-state index is 12.6. The van der Waals surface area contributed by atoms with E-state index in [0.717, 1.165) is 23.6 Å². The molecular weight excluding hydrogens is 334 g/mol. The van der Waals surface area contributed by atoms with Gasteiger partial charge in [0.15, 0.2) is 0 Å². The first-order valence-electron chi connectivity index (χ1n) is 7.20. The zero-order chi connectivity index (χ0) is 16.2. The standard InChI is InChI=1S/C16H14ClN3O2S/c1-20-9-18-16(15(20)17)23(21,22)19-13-8-7-11-6-5-10-3-2-4-12(13)14(10)11/h2-4,7-9,19H,5-6H2,1H3. The van der Waals surface area contributed by atoms with Crippen LogP contribution >= 0.6 is 11.6 Å². The molecule has 0 unspecified atom stereocenters. The molecule has 0 atom stereocenters. The lowest BCUT2D eigenvalue weighted by Crippen LogP contribution is -2.14. The van der Waals surface area contributed by atoms with E-state index in [2.05, 4.69) is 15.8 Å². The fourth-order valence-electron chi connectivity index (χ4n) is 3.10. The summed E-state index contributed by atoms with van der Waals surface area (Å²) in [6.07, 6.45) is 3.37. The van der Waals surface area contributed by atoms with Crippen LogP contribution in [0.25, 0.3) is 10.8 Å². The molecule has 0 fully saturated rings. The highest BCUT2D eigenvalue weighted by atomic mass is 35.5. The summed E-state index contributed by atoms with van der Waals surface area (Å²) in [6, 6.07) is 9.77. The number of imidazole rings is 1. The second kappa shape index (κ2) is 4.97. The largest absolute Gasteiger partial charge is 0.324 e. The number of halogens is 1. The van der Waals surface area contributed by atoms with Gasteiger partial charge in [-0.25, -0.2) is 4.98 Å². The van der Waals surface area contributed by atoms with Crippen LogP contribution in [-0.4, -0.2) is 18.0 Å². The van der Waals surface area contributed by atoms with Crippen LogP contribution in [-0.2, 0) is 29.9 Å². The molecule has 23 heavy (non-hydrogen) atoms. The van der Waals surface area contributed by atoms with E-state index < -0.39 is 10.0 Å². The molecule has 1 aliphatic carbocycles. The summed E-state index contributed by atoms with van der Waals surface area (Å²) in [5.74, 6) is 0. The van der Waals surface area contributed by atoms with Gasteiger partial charge in [-0.2, -0.15) is 8.42 Å². The van der Waals surface area contributed by atoms with E-state index in [4.69, 9.17) is 11.6 Å². The Labute approximate surface area is 139 Å². The average Bonchev–Trinajstić information content (AvgIpc) is 3.08. The van der Waals surface area contributed by atoms with E-state index in [-0.39, 0.29) is 10.2 Å². The van der Waals surface area contributed by atoms with Crippen molar-refractivity contribution in [1.29, 1.82) is 0 Å². The van der Waals surface area contributed by atoms with Crippen molar-refractivity contribution in [2.24, 2.45) is 7.05 Å². The number of anilines is 1. The van der Waals surface area contributed by atoms with Gasteiger partial charge in [0, 0.05) is 12.4 Å². The minimum Gasteiger partial charge on any atom is -0.324 e. The SMILES string of the molecule is Cn1cnc(S(=O)(=O)Nc2ccc3c4c(cccc24)CC3)c1Cl. The fourth-order valence-corrected chi connectivity index (χ4v) is 4.62. The Balaban J connectivity index is 1.84. The monoisotopic (exact) mass is 347 g/mol. The third-order valence-electron chi connectivity index (χ3n) is 4.21. The van der Waals surface area contributed by atoms with Gasteiger partial charge in [0.05, 0.1) is 12.0 Å². The number of hydrogen-bond acceptors (Lipinski definition) is 3. The van der Waals surface area contributed by atoms with Gasteiger partial charge < -0.3 is 4.57 Å². The van der Waals surface area contributed by atoms with E-state index in [9.17, 15) is 8.42 Å². The van der Waals surface area contributed by atoms with Gasteiger partial charge in [-0.1, -0.05) is 35.9 Å². The fraction of sp³-hybridized carbons (Fsp3) is 0.188. The highest BCUT2D eigenvalue weighted by molar-refractivity contribution is 7.92. The molecular formula is C16H14ClN3O2S. The smallest absolute Gasteiger partial charge is 0.282 e. The zero-order valence-electron chi connectivity index (χ0n) is 12.4. The molecule has 118 valence electrons. The van der Waals surface area contributed by atoms with Gasteiger partial charge in [0.1, 0.15) is 5.15 Å². The lowest BCUT2D eigenvalue weighted by molar-refractivity contribution is 0.598. The lowest BCUT2D eigenvalue weighted by atomic mass is 10.0. The molecule has 3 aromatic rings. The Bertz CT molecular complexity index is 1030. The summed E-state index contributed by atoms with van der Waals surface area (Å²) in [4.78, 5) is 3.89. The van der Waals surface area contributed by atoms with Crippen molar-refractivity contribution in [2.75, 3.05) is 4.72 Å². The molecule has 1 aliphatic rings. The summed E-state index contributed by atoms with van der Waals surface area (Å²) < 4.78 is 29.3. The minimum atomic E-state index is -3.83. The predicted octanol–water partition coefficient (Wildman–Crippen LogP) is 3.13. The number of aryl methyl sites for hydroxylation is 3. The van der Waals surface area contributed by atoms with Gasteiger partial charge in [-0.15, -0.1) is 0 Å². The second-order valence-electron chi connectivity index (χ2n) is 5.67. The molecule has 1 N–H and O–H groups in total. The topological polar surface area (TPSA) is 64.0 Å². The number of rotatable bonds is 3. The number of aromatic nitrogens is 2. The number of sulfonamides is 1. The van der Waals surface area contributed by atoms with Crippen molar-refractivity contribution in [3.05, 3.63) is 52.9 Å². The molecule has 1 aromatic heterocycles. The van der Waals surface area contributed by atoms with Gasteiger partial charge in [0.2, 0.25) is 5.03 Å². The molecule has 7 heteroatoms. The third-order valence-corrected chi connectivity index (χ3v) is 6.06. The van der Waals surface area contributed by atoms with E-state index in [0.29, 0.717) is 5.69 Å². The predicted molar refractivity (Wildman–Crippen MR) is 90.4 cm³/mol. The van der Waals surface area contributed by atoms with Crippen LogP contribution < -0.4 is 4.72 Å². The van der Waals surface area contributed by atoms with E-state index in [1.807, 2.05) is 18.2 Å². The van der Waals surface area contributed by atoms with Gasteiger partial charge >= 0.3 is 0 Å². The Hall–Kier alpha value is -2.05. The highest BCUT2D eigenvalue weighted by Gasteiger charge is 2.24. The Morgan fingerprint density at radius 2 is 1.91 bits per heavy atom. The molecule has 0 radical (unpaired) electrons. The summed E-state index contributed by atoms with van der Waals surface area (Å²) >= 11 is 6.02. The zero-order valence-corrected chi connectivity index (χ0v) is 13.9. The van der Waals surface area contributed by atoms with Gasteiger partial charge in [-0.3, -0.25) is 4.72 Å². The normalized spacial score (nSPS) is 13.7. The summed E-state index contributed by atoms with van der Waals surface area (Å²) in [5, 5.41) is 1.99. The first kappa shape index (κ1) is 14.5. The maximum Gasteiger partial charge on any atom is 0.282 e. The number of benzene rings is 2. The van der Waals surface area contributed by atoms with Crippen LogP contribution in [0.15, 0.2) is 41.7 Å². The van der Waals surface area contributed by atoms with E-state index in [1.54, 1.807) is 13.1 Å². The van der Waals surface area contributed by atoms with Crippen molar-refractivity contribution in [1.82, 2.24) is 9.55 Å². The maximum atomic E-state index is 12.6. The third kappa shape index (κ3) is 2.21. The van der Waals surface area contributed by atoms with Crippen LogP contribution in [0, 0.1) is 0 Å². The average molecular weight is 348 g/mol. The number of hydrogen-bond donors (Lipinski definition) is 1. The lowest BCUT2D eigenvalue weighted by Gasteiger charge is -2.11. The molecule has 0 amide bonds. The van der Waals surface area contributed by atoms with E-state index >= 15 is 0 Å². The minimum absolute atomic E-state index is 0.0865. The first-order valence-corrected chi connectivity index (χ1v) is 9.06. The molecule has 0 saturated carbocycles. The van der Waals surface area contributed by atoms with Crippen LogP contribution in [0.2, 0.25) is 5.15 Å². The molecule has 4 rings (SSSR count). The van der Waals surface area contributed by atoms with Crippen molar-refractivity contribution < 1.29 is 8.42 Å². The molecule has 0 spiro atoms. The molecule has 1 heterocycles. The van der Waals surface area contributed by atoms with Crippen LogP contribution in [0.1, 0.15) is 11.1 Å². The Morgan fingerprint density at radius 1 is 1.17 bits per heavy atom. The van der Waals surface area contributed by atoms with E-state index in [1.165, 1.54) is 22.0 Å². The summed E-state index contributed by atoms with van der Waals surface area (Å²) in [6.45, 7) is 0. The summed E-state index contributed by atoms with van der Waals surface area (Å²) in [7, 11) is -2.19. The molecule has 2 aromatic carbocycles. The molecule has 0 bridgehead atoms. The van der Waals surface area contributed by atoms with Crippen LogP contribution in [0.4, 0.5) is 5.69 Å².